The molecule has 1 fully saturated rings. The van der Waals surface area contributed by atoms with Crippen molar-refractivity contribution in [2.24, 2.45) is 5.92 Å². The first-order chi connectivity index (χ1) is 13.4. The zero-order chi connectivity index (χ0) is 20.1. The van der Waals surface area contributed by atoms with Crippen molar-refractivity contribution in [2.75, 3.05) is 13.7 Å². The summed E-state index contributed by atoms with van der Waals surface area (Å²) >= 11 is 0. The van der Waals surface area contributed by atoms with Crippen molar-refractivity contribution >= 4 is 5.97 Å². The van der Waals surface area contributed by atoms with E-state index < -0.39 is 11.7 Å². The van der Waals surface area contributed by atoms with E-state index in [4.69, 9.17) is 4.74 Å². The molecule has 28 heavy (non-hydrogen) atoms. The van der Waals surface area contributed by atoms with Crippen molar-refractivity contribution in [3.05, 3.63) is 71.3 Å². The molecule has 1 aliphatic heterocycles. The maximum absolute atomic E-state index is 12.9. The van der Waals surface area contributed by atoms with Crippen LogP contribution in [0.1, 0.15) is 42.0 Å². The Labute approximate surface area is 163 Å². The number of hydrogen-bond acceptors (Lipinski definition) is 3. The zero-order valence-electron chi connectivity index (χ0n) is 15.8. The fourth-order valence-corrected chi connectivity index (χ4v) is 3.84. The average molecular weight is 391 g/mol. The van der Waals surface area contributed by atoms with Crippen LogP contribution in [0.5, 0.6) is 0 Å². The maximum atomic E-state index is 12.9. The van der Waals surface area contributed by atoms with E-state index in [9.17, 15) is 18.0 Å². The number of hydrogen-bond donors (Lipinski definition) is 0. The van der Waals surface area contributed by atoms with Gasteiger partial charge in [0.05, 0.1) is 12.7 Å². The largest absolute Gasteiger partial charge is 0.469 e. The van der Waals surface area contributed by atoms with E-state index in [1.807, 2.05) is 30.3 Å². The molecular formula is C22H24F3NO2. The van der Waals surface area contributed by atoms with E-state index in [1.165, 1.54) is 7.11 Å². The first-order valence-electron chi connectivity index (χ1n) is 9.38. The molecule has 2 atom stereocenters. The fraction of sp³-hybridized carbons (Fsp3) is 0.409. The van der Waals surface area contributed by atoms with Crippen molar-refractivity contribution in [2.45, 2.75) is 38.0 Å². The van der Waals surface area contributed by atoms with Crippen molar-refractivity contribution in [3.63, 3.8) is 0 Å². The number of esters is 1. The van der Waals surface area contributed by atoms with Gasteiger partial charge in [0.1, 0.15) is 0 Å². The quantitative estimate of drug-likeness (QED) is 0.655. The lowest BCUT2D eigenvalue weighted by molar-refractivity contribution is -0.142. The lowest BCUT2D eigenvalue weighted by Gasteiger charge is -2.40. The van der Waals surface area contributed by atoms with E-state index in [0.717, 1.165) is 42.8 Å². The van der Waals surface area contributed by atoms with Gasteiger partial charge in [-0.05, 0) is 48.6 Å². The molecule has 0 aliphatic carbocycles. The van der Waals surface area contributed by atoms with Gasteiger partial charge in [0.25, 0.3) is 0 Å². The van der Waals surface area contributed by atoms with Gasteiger partial charge in [-0.3, -0.25) is 9.69 Å². The summed E-state index contributed by atoms with van der Waals surface area (Å²) < 4.78 is 43.5. The van der Waals surface area contributed by atoms with Crippen LogP contribution in [-0.4, -0.2) is 24.5 Å². The summed E-state index contributed by atoms with van der Waals surface area (Å²) in [5, 5.41) is 0. The van der Waals surface area contributed by atoms with E-state index in [0.29, 0.717) is 12.8 Å². The van der Waals surface area contributed by atoms with Gasteiger partial charge >= 0.3 is 12.1 Å². The topological polar surface area (TPSA) is 29.5 Å². The van der Waals surface area contributed by atoms with E-state index >= 15 is 0 Å². The van der Waals surface area contributed by atoms with Crippen LogP contribution in [-0.2, 0) is 22.3 Å². The van der Waals surface area contributed by atoms with Gasteiger partial charge in [0.15, 0.2) is 0 Å². The molecule has 3 rings (SSSR count). The van der Waals surface area contributed by atoms with Crippen LogP contribution in [0, 0.1) is 5.92 Å². The zero-order valence-corrected chi connectivity index (χ0v) is 15.8. The molecule has 0 saturated carbocycles. The van der Waals surface area contributed by atoms with Gasteiger partial charge in [-0.2, -0.15) is 13.2 Å². The van der Waals surface area contributed by atoms with Crippen LogP contribution in [0.25, 0.3) is 0 Å². The normalized spacial score (nSPS) is 20.7. The number of nitrogens with zero attached hydrogens (tertiary/aromatic N) is 1. The Balaban J connectivity index is 1.82. The summed E-state index contributed by atoms with van der Waals surface area (Å²) in [4.78, 5) is 14.0. The minimum atomic E-state index is -4.35. The molecule has 0 bridgehead atoms. The highest BCUT2D eigenvalue weighted by Crippen LogP contribution is 2.38. The third-order valence-corrected chi connectivity index (χ3v) is 5.36. The van der Waals surface area contributed by atoms with Gasteiger partial charge < -0.3 is 4.74 Å². The van der Waals surface area contributed by atoms with Crippen molar-refractivity contribution in [3.8, 4) is 0 Å². The minimum Gasteiger partial charge on any atom is -0.469 e. The summed E-state index contributed by atoms with van der Waals surface area (Å²) in [6.07, 6.45) is -2.43. The Hall–Kier alpha value is -2.34. The SMILES string of the molecule is COC(=O)C[C@H]1CCN(Cc2ccccc2)[C@@H](c2ccc(C(F)(F)F)cc2)C1. The van der Waals surface area contributed by atoms with Crippen molar-refractivity contribution < 1.29 is 22.7 Å². The van der Waals surface area contributed by atoms with E-state index in [-0.39, 0.29) is 17.9 Å². The first kappa shape index (κ1) is 20.4. The minimum absolute atomic E-state index is 0.0362. The predicted molar refractivity (Wildman–Crippen MR) is 100 cm³/mol. The van der Waals surface area contributed by atoms with Crippen molar-refractivity contribution in [1.29, 1.82) is 0 Å². The molecule has 1 aliphatic rings. The fourth-order valence-electron chi connectivity index (χ4n) is 3.84. The molecule has 1 heterocycles. The summed E-state index contributed by atoms with van der Waals surface area (Å²) in [6, 6.07) is 15.4. The number of benzene rings is 2. The highest BCUT2D eigenvalue weighted by Gasteiger charge is 2.33. The molecule has 150 valence electrons. The summed E-state index contributed by atoms with van der Waals surface area (Å²) in [7, 11) is 1.38. The number of halogens is 3. The molecule has 0 aromatic heterocycles. The summed E-state index contributed by atoms with van der Waals surface area (Å²) in [5.41, 5.74) is 1.36. The second kappa shape index (κ2) is 8.78. The number of methoxy groups -OCH3 is 1. The van der Waals surface area contributed by atoms with E-state index in [1.54, 1.807) is 12.1 Å². The second-order valence-corrected chi connectivity index (χ2v) is 7.26. The molecule has 1 saturated heterocycles. The number of rotatable bonds is 5. The predicted octanol–water partition coefficient (Wildman–Crippen LogP) is 5.22. The molecule has 0 spiro atoms. The number of ether oxygens (including phenoxy) is 1. The number of carbonyl (C=O) groups is 1. The maximum Gasteiger partial charge on any atom is 0.416 e. The van der Waals surface area contributed by atoms with Crippen LogP contribution in [0.2, 0.25) is 0 Å². The third kappa shape index (κ3) is 5.13. The molecule has 2 aromatic rings. The Morgan fingerprint density at radius 2 is 1.79 bits per heavy atom. The molecule has 0 radical (unpaired) electrons. The molecule has 3 nitrogen and oxygen atoms in total. The Bertz CT molecular complexity index is 775. The van der Waals surface area contributed by atoms with E-state index in [2.05, 4.69) is 4.90 Å². The molecule has 0 unspecified atom stereocenters. The number of alkyl halides is 3. The Morgan fingerprint density at radius 3 is 2.39 bits per heavy atom. The monoisotopic (exact) mass is 391 g/mol. The summed E-state index contributed by atoms with van der Waals surface area (Å²) in [6.45, 7) is 1.50. The average Bonchev–Trinajstić information content (AvgIpc) is 2.69. The van der Waals surface area contributed by atoms with Crippen LogP contribution in [0.3, 0.4) is 0 Å². The van der Waals surface area contributed by atoms with Crippen LogP contribution in [0.15, 0.2) is 54.6 Å². The molecule has 2 aromatic carbocycles. The second-order valence-electron chi connectivity index (χ2n) is 7.26. The van der Waals surface area contributed by atoms with Gasteiger partial charge in [0.2, 0.25) is 0 Å². The number of carbonyl (C=O) groups excluding carboxylic acids is 1. The smallest absolute Gasteiger partial charge is 0.416 e. The highest BCUT2D eigenvalue weighted by atomic mass is 19.4. The molecule has 6 heteroatoms. The molecule has 0 amide bonds. The van der Waals surface area contributed by atoms with Crippen molar-refractivity contribution in [1.82, 2.24) is 4.90 Å². The summed E-state index contributed by atoms with van der Waals surface area (Å²) in [5.74, 6) is -0.0838. The van der Waals surface area contributed by atoms with Gasteiger partial charge in [0, 0.05) is 19.0 Å². The number of likely N-dealkylation sites (tertiary alicyclic amines) is 1. The molecular weight excluding hydrogens is 367 g/mol. The van der Waals surface area contributed by atoms with Crippen LogP contribution >= 0.6 is 0 Å². The lowest BCUT2D eigenvalue weighted by Crippen LogP contribution is -2.37. The Morgan fingerprint density at radius 1 is 1.11 bits per heavy atom. The Kier molecular flexibility index (Phi) is 6.39. The number of piperidine rings is 1. The lowest BCUT2D eigenvalue weighted by atomic mass is 9.84. The highest BCUT2D eigenvalue weighted by molar-refractivity contribution is 5.69. The van der Waals surface area contributed by atoms with Gasteiger partial charge in [-0.1, -0.05) is 42.5 Å². The van der Waals surface area contributed by atoms with Gasteiger partial charge in [-0.25, -0.2) is 0 Å². The first-order valence-corrected chi connectivity index (χ1v) is 9.38. The molecule has 0 N–H and O–H groups in total. The van der Waals surface area contributed by atoms with Crippen LogP contribution in [0.4, 0.5) is 13.2 Å². The third-order valence-electron chi connectivity index (χ3n) is 5.36. The van der Waals surface area contributed by atoms with Crippen LogP contribution < -0.4 is 0 Å². The van der Waals surface area contributed by atoms with Gasteiger partial charge in [-0.15, -0.1) is 0 Å². The standard InChI is InChI=1S/C22H24F3NO2/c1-28-21(27)14-17-11-12-26(15-16-5-3-2-4-6-16)20(13-17)18-7-9-19(10-8-18)22(23,24)25/h2-10,17,20H,11-15H2,1H3/t17-,20+/m0/s1.